The van der Waals surface area contributed by atoms with Crippen LogP contribution in [0, 0.1) is 25.2 Å². The van der Waals surface area contributed by atoms with Gasteiger partial charge in [0.1, 0.15) is 5.54 Å². The molecule has 1 amide bonds. The van der Waals surface area contributed by atoms with E-state index in [2.05, 4.69) is 21.5 Å². The van der Waals surface area contributed by atoms with Crippen LogP contribution < -0.4 is 5.32 Å². The van der Waals surface area contributed by atoms with E-state index in [1.165, 1.54) is 0 Å². The topological polar surface area (TPSA) is 91.8 Å². The lowest BCUT2D eigenvalue weighted by Gasteiger charge is -2.21. The third kappa shape index (κ3) is 2.36. The van der Waals surface area contributed by atoms with Gasteiger partial charge in [0.15, 0.2) is 0 Å². The smallest absolute Gasteiger partial charge is 0.258 e. The number of thioether (sulfide) groups is 1. The lowest BCUT2D eigenvalue weighted by atomic mass is 10.00. The van der Waals surface area contributed by atoms with Crippen LogP contribution in [0.15, 0.2) is 10.6 Å². The summed E-state index contributed by atoms with van der Waals surface area (Å²) in [7, 11) is 0. The second kappa shape index (κ2) is 5.04. The molecule has 1 fully saturated rings. The van der Waals surface area contributed by atoms with Crippen LogP contribution in [0.1, 0.15) is 28.2 Å². The summed E-state index contributed by atoms with van der Waals surface area (Å²) in [4.78, 5) is 16.8. The Labute approximate surface area is 125 Å². The van der Waals surface area contributed by atoms with Crippen LogP contribution in [0.2, 0.25) is 0 Å². The minimum absolute atomic E-state index is 0.277. The minimum atomic E-state index is -0.781. The number of nitriles is 1. The second-order valence-corrected chi connectivity index (χ2v) is 6.32. The third-order valence-corrected chi connectivity index (χ3v) is 4.77. The number of rotatable bonds is 2. The summed E-state index contributed by atoms with van der Waals surface area (Å²) in [6.45, 7) is 3.56. The Balaban J connectivity index is 2.02. The van der Waals surface area contributed by atoms with E-state index >= 15 is 0 Å². The molecule has 6 nitrogen and oxygen atoms in total. The van der Waals surface area contributed by atoms with Crippen molar-refractivity contribution in [3.63, 3.8) is 0 Å². The SMILES string of the molecule is Cc1cc(C(=O)NC2(C#N)CCSC2)c2c(C)noc2n1. The molecule has 3 heterocycles. The number of pyridine rings is 1. The Kier molecular flexibility index (Phi) is 3.33. The normalized spacial score (nSPS) is 21.4. The van der Waals surface area contributed by atoms with Crippen molar-refractivity contribution in [3.8, 4) is 6.07 Å². The zero-order valence-electron chi connectivity index (χ0n) is 11.8. The Morgan fingerprint density at radius 1 is 1.57 bits per heavy atom. The lowest BCUT2D eigenvalue weighted by molar-refractivity contribution is 0.0927. The van der Waals surface area contributed by atoms with E-state index in [0.717, 1.165) is 5.75 Å². The third-order valence-electron chi connectivity index (χ3n) is 3.58. The van der Waals surface area contributed by atoms with E-state index in [0.29, 0.717) is 40.2 Å². The molecule has 0 bridgehead atoms. The first-order chi connectivity index (χ1) is 10.0. The number of hydrogen-bond acceptors (Lipinski definition) is 6. The van der Waals surface area contributed by atoms with Crippen molar-refractivity contribution in [2.24, 2.45) is 0 Å². The first kappa shape index (κ1) is 13.9. The first-order valence-corrected chi connectivity index (χ1v) is 7.75. The number of nitrogens with one attached hydrogen (secondary N) is 1. The van der Waals surface area contributed by atoms with Gasteiger partial charge in [0.05, 0.1) is 22.7 Å². The van der Waals surface area contributed by atoms with Crippen LogP contribution >= 0.6 is 11.8 Å². The molecule has 2 aromatic heterocycles. The van der Waals surface area contributed by atoms with Crippen LogP contribution in [-0.2, 0) is 0 Å². The molecular weight excluding hydrogens is 288 g/mol. The summed E-state index contributed by atoms with van der Waals surface area (Å²) < 4.78 is 5.13. The molecule has 7 heteroatoms. The Hall–Kier alpha value is -2.07. The first-order valence-electron chi connectivity index (χ1n) is 6.60. The molecule has 2 aromatic rings. The van der Waals surface area contributed by atoms with Crippen molar-refractivity contribution < 1.29 is 9.32 Å². The standard InChI is InChI=1S/C14H14N4O2S/c1-8-5-10(11-9(2)18-20-13(11)16-8)12(19)17-14(6-15)3-4-21-7-14/h5H,3-4,7H2,1-2H3,(H,17,19). The lowest BCUT2D eigenvalue weighted by Crippen LogP contribution is -2.47. The Morgan fingerprint density at radius 2 is 2.38 bits per heavy atom. The molecule has 0 radical (unpaired) electrons. The van der Waals surface area contributed by atoms with Gasteiger partial charge in [0.2, 0.25) is 0 Å². The van der Waals surface area contributed by atoms with Gasteiger partial charge in [-0.3, -0.25) is 4.79 Å². The molecule has 0 aliphatic carbocycles. The fourth-order valence-corrected chi connectivity index (χ4v) is 3.73. The average molecular weight is 302 g/mol. The largest absolute Gasteiger partial charge is 0.336 e. The summed E-state index contributed by atoms with van der Waals surface area (Å²) in [5.41, 5.74) is 1.33. The van der Waals surface area contributed by atoms with E-state index in [-0.39, 0.29) is 5.91 Å². The van der Waals surface area contributed by atoms with Gasteiger partial charge in [0, 0.05) is 11.4 Å². The molecule has 0 spiro atoms. The quantitative estimate of drug-likeness (QED) is 0.911. The predicted molar refractivity (Wildman–Crippen MR) is 79.0 cm³/mol. The summed E-state index contributed by atoms with van der Waals surface area (Å²) >= 11 is 1.67. The van der Waals surface area contributed by atoms with Crippen LogP contribution in [0.3, 0.4) is 0 Å². The Morgan fingerprint density at radius 3 is 3.05 bits per heavy atom. The van der Waals surface area contributed by atoms with E-state index in [9.17, 15) is 10.1 Å². The van der Waals surface area contributed by atoms with Crippen molar-refractivity contribution >= 4 is 28.8 Å². The summed E-state index contributed by atoms with van der Waals surface area (Å²) in [6.07, 6.45) is 0.662. The van der Waals surface area contributed by atoms with Gasteiger partial charge in [-0.25, -0.2) is 4.98 Å². The van der Waals surface area contributed by atoms with Crippen molar-refractivity contribution in [2.75, 3.05) is 11.5 Å². The molecule has 1 aliphatic heterocycles. The predicted octanol–water partition coefficient (Wildman–Crippen LogP) is 1.97. The molecule has 1 aliphatic rings. The second-order valence-electron chi connectivity index (χ2n) is 5.21. The van der Waals surface area contributed by atoms with Gasteiger partial charge in [-0.05, 0) is 32.1 Å². The Bertz CT molecular complexity index is 756. The molecule has 3 rings (SSSR count). The van der Waals surface area contributed by atoms with Crippen molar-refractivity contribution in [2.45, 2.75) is 25.8 Å². The summed E-state index contributed by atoms with van der Waals surface area (Å²) in [5.74, 6) is 1.22. The highest BCUT2D eigenvalue weighted by atomic mass is 32.2. The molecule has 1 atom stereocenters. The molecular formula is C14H14N4O2S. The summed E-state index contributed by atoms with van der Waals surface area (Å²) in [5, 5.41) is 16.7. The molecule has 0 saturated carbocycles. The molecule has 1 saturated heterocycles. The number of amides is 1. The van der Waals surface area contributed by atoms with Crippen molar-refractivity contribution in [1.82, 2.24) is 15.5 Å². The number of carbonyl (C=O) groups excluding carboxylic acids is 1. The van der Waals surface area contributed by atoms with Crippen LogP contribution in [0.4, 0.5) is 0 Å². The summed E-state index contributed by atoms with van der Waals surface area (Å²) in [6, 6.07) is 3.95. The van der Waals surface area contributed by atoms with Gasteiger partial charge in [-0.15, -0.1) is 0 Å². The van der Waals surface area contributed by atoms with Crippen molar-refractivity contribution in [3.05, 3.63) is 23.0 Å². The maximum absolute atomic E-state index is 12.6. The van der Waals surface area contributed by atoms with Crippen LogP contribution in [0.5, 0.6) is 0 Å². The minimum Gasteiger partial charge on any atom is -0.336 e. The fourth-order valence-electron chi connectivity index (χ4n) is 2.46. The maximum Gasteiger partial charge on any atom is 0.258 e. The van der Waals surface area contributed by atoms with Gasteiger partial charge >= 0.3 is 0 Å². The molecule has 0 aromatic carbocycles. The van der Waals surface area contributed by atoms with E-state index in [4.69, 9.17) is 4.52 Å². The number of aryl methyl sites for hydroxylation is 2. The van der Waals surface area contributed by atoms with Gasteiger partial charge < -0.3 is 9.84 Å². The molecule has 1 unspecified atom stereocenters. The average Bonchev–Trinajstić information content (AvgIpc) is 3.06. The number of aromatic nitrogens is 2. The highest BCUT2D eigenvalue weighted by molar-refractivity contribution is 7.99. The van der Waals surface area contributed by atoms with E-state index in [1.807, 2.05) is 0 Å². The highest BCUT2D eigenvalue weighted by Gasteiger charge is 2.36. The van der Waals surface area contributed by atoms with Crippen molar-refractivity contribution in [1.29, 1.82) is 5.26 Å². The molecule has 1 N–H and O–H groups in total. The fraction of sp³-hybridized carbons (Fsp3) is 0.429. The molecule has 108 valence electrons. The van der Waals surface area contributed by atoms with E-state index in [1.54, 1.807) is 31.7 Å². The number of hydrogen-bond donors (Lipinski definition) is 1. The van der Waals surface area contributed by atoms with Crippen LogP contribution in [-0.4, -0.2) is 33.1 Å². The zero-order chi connectivity index (χ0) is 15.0. The van der Waals surface area contributed by atoms with Gasteiger partial charge in [-0.2, -0.15) is 17.0 Å². The van der Waals surface area contributed by atoms with Gasteiger partial charge in [-0.1, -0.05) is 5.16 Å². The molecule has 21 heavy (non-hydrogen) atoms. The van der Waals surface area contributed by atoms with E-state index < -0.39 is 5.54 Å². The monoisotopic (exact) mass is 302 g/mol. The number of carbonyl (C=O) groups is 1. The number of fused-ring (bicyclic) bond motifs is 1. The highest BCUT2D eigenvalue weighted by Crippen LogP contribution is 2.29. The zero-order valence-corrected chi connectivity index (χ0v) is 12.6. The number of nitrogens with zero attached hydrogens (tertiary/aromatic N) is 3. The maximum atomic E-state index is 12.6. The van der Waals surface area contributed by atoms with Crippen LogP contribution in [0.25, 0.3) is 11.1 Å². The van der Waals surface area contributed by atoms with Gasteiger partial charge in [0.25, 0.3) is 11.6 Å².